The van der Waals surface area contributed by atoms with Gasteiger partial charge in [-0.15, -0.1) is 0 Å². The zero-order valence-electron chi connectivity index (χ0n) is 13.5. The maximum Gasteiger partial charge on any atom is 0.262 e. The minimum absolute atomic E-state index is 0.0636. The number of carbonyl (C=O) groups excluding carboxylic acids is 1. The highest BCUT2D eigenvalue weighted by molar-refractivity contribution is 6.02. The summed E-state index contributed by atoms with van der Waals surface area (Å²) in [4.78, 5) is 38.9. The lowest BCUT2D eigenvalue weighted by molar-refractivity contribution is 0.0912. The average molecular weight is 312 g/mol. The molecule has 0 atom stereocenters. The van der Waals surface area contributed by atoms with Crippen LogP contribution in [0.2, 0.25) is 0 Å². The van der Waals surface area contributed by atoms with Crippen molar-refractivity contribution in [2.24, 2.45) is 5.41 Å². The van der Waals surface area contributed by atoms with E-state index < -0.39 is 0 Å². The minimum atomic E-state index is -0.188. The lowest BCUT2D eigenvalue weighted by Crippen LogP contribution is -2.30. The van der Waals surface area contributed by atoms with Gasteiger partial charge in [-0.3, -0.25) is 14.6 Å². The number of pyridine rings is 1. The first kappa shape index (κ1) is 14.4. The Hall–Kier alpha value is -2.24. The number of Topliss-reactive ketones (excluding diaryl/α,β-unsaturated/α-hetero) is 1. The summed E-state index contributed by atoms with van der Waals surface area (Å²) in [7, 11) is 0. The smallest absolute Gasteiger partial charge is 0.262 e. The third kappa shape index (κ3) is 2.33. The number of ketones is 1. The molecule has 0 aromatic carbocycles. The summed E-state index contributed by atoms with van der Waals surface area (Å²) >= 11 is 0. The molecular weight excluding hydrogens is 292 g/mol. The van der Waals surface area contributed by atoms with Gasteiger partial charge >= 0.3 is 0 Å². The van der Waals surface area contributed by atoms with Crippen LogP contribution in [0.15, 0.2) is 11.0 Å². The zero-order valence-corrected chi connectivity index (χ0v) is 13.5. The summed E-state index contributed by atoms with van der Waals surface area (Å²) < 4.78 is 0. The predicted molar refractivity (Wildman–Crippen MR) is 88.0 cm³/mol. The van der Waals surface area contributed by atoms with Gasteiger partial charge in [-0.1, -0.05) is 13.8 Å². The molecule has 6 heteroatoms. The maximum atomic E-state index is 12.7. The molecule has 0 amide bonds. The van der Waals surface area contributed by atoms with Crippen LogP contribution in [0.4, 0.5) is 5.95 Å². The van der Waals surface area contributed by atoms with Gasteiger partial charge in [0.15, 0.2) is 11.4 Å². The number of aromatic nitrogens is 3. The van der Waals surface area contributed by atoms with Gasteiger partial charge in [0, 0.05) is 31.3 Å². The molecular formula is C17H20N4O2. The second-order valence-electron chi connectivity index (χ2n) is 7.37. The third-order valence-electron chi connectivity index (χ3n) is 4.83. The van der Waals surface area contributed by atoms with Gasteiger partial charge in [-0.25, -0.2) is 4.98 Å². The molecule has 2 aromatic rings. The Balaban J connectivity index is 1.93. The Morgan fingerprint density at radius 3 is 2.65 bits per heavy atom. The molecule has 1 saturated heterocycles. The fourth-order valence-corrected chi connectivity index (χ4v) is 3.73. The molecule has 0 saturated carbocycles. The van der Waals surface area contributed by atoms with Gasteiger partial charge in [0.05, 0.1) is 5.39 Å². The van der Waals surface area contributed by atoms with Crippen LogP contribution in [0.25, 0.3) is 11.0 Å². The molecule has 1 aliphatic heterocycles. The van der Waals surface area contributed by atoms with E-state index >= 15 is 0 Å². The van der Waals surface area contributed by atoms with Crippen LogP contribution in [0.5, 0.6) is 0 Å². The molecule has 0 spiro atoms. The van der Waals surface area contributed by atoms with Crippen molar-refractivity contribution in [3.05, 3.63) is 27.7 Å². The number of nitrogens with one attached hydrogen (secondary N) is 1. The van der Waals surface area contributed by atoms with Gasteiger partial charge in [-0.2, -0.15) is 4.98 Å². The highest BCUT2D eigenvalue weighted by Crippen LogP contribution is 2.36. The van der Waals surface area contributed by atoms with E-state index in [9.17, 15) is 9.59 Å². The van der Waals surface area contributed by atoms with Crippen LogP contribution in [-0.2, 0) is 6.42 Å². The number of hydrogen-bond donors (Lipinski definition) is 1. The Bertz CT molecular complexity index is 863. The maximum absolute atomic E-state index is 12.7. The van der Waals surface area contributed by atoms with Gasteiger partial charge in [0.2, 0.25) is 5.95 Å². The molecule has 0 unspecified atom stereocenters. The fourth-order valence-electron chi connectivity index (χ4n) is 3.73. The standard InChI is InChI=1S/C17H20N4O2/c1-17(2)7-10-11(12(22)8-17)9-18-14-13(10)15(23)20-16(19-14)21-5-3-4-6-21/h9H,3-8H2,1-2H3,(H,18,19,20,23). The van der Waals surface area contributed by atoms with Gasteiger partial charge in [0.25, 0.3) is 5.56 Å². The third-order valence-corrected chi connectivity index (χ3v) is 4.83. The predicted octanol–water partition coefficient (Wildman–Crippen LogP) is 2.07. The second-order valence-corrected chi connectivity index (χ2v) is 7.37. The summed E-state index contributed by atoms with van der Waals surface area (Å²) in [5.41, 5.74) is 1.50. The lowest BCUT2D eigenvalue weighted by atomic mass is 9.73. The van der Waals surface area contributed by atoms with Crippen molar-refractivity contribution in [3.63, 3.8) is 0 Å². The highest BCUT2D eigenvalue weighted by atomic mass is 16.1. The van der Waals surface area contributed by atoms with E-state index in [4.69, 9.17) is 0 Å². The summed E-state index contributed by atoms with van der Waals surface area (Å²) in [6.45, 7) is 5.93. The quantitative estimate of drug-likeness (QED) is 0.872. The number of hydrogen-bond acceptors (Lipinski definition) is 5. The molecule has 120 valence electrons. The van der Waals surface area contributed by atoms with Crippen LogP contribution in [0.1, 0.15) is 49.0 Å². The number of fused-ring (bicyclic) bond motifs is 3. The Morgan fingerprint density at radius 1 is 1.17 bits per heavy atom. The first-order valence-electron chi connectivity index (χ1n) is 8.15. The van der Waals surface area contributed by atoms with Crippen molar-refractivity contribution >= 4 is 22.8 Å². The van der Waals surface area contributed by atoms with E-state index in [-0.39, 0.29) is 16.8 Å². The number of nitrogens with zero attached hydrogens (tertiary/aromatic N) is 3. The first-order chi connectivity index (χ1) is 10.9. The van der Waals surface area contributed by atoms with Crippen molar-refractivity contribution in [1.29, 1.82) is 0 Å². The largest absolute Gasteiger partial charge is 0.342 e. The van der Waals surface area contributed by atoms with E-state index in [0.29, 0.717) is 35.4 Å². The molecule has 2 aromatic heterocycles. The second kappa shape index (κ2) is 4.88. The number of carbonyl (C=O) groups is 1. The fraction of sp³-hybridized carbons (Fsp3) is 0.529. The average Bonchev–Trinajstić information content (AvgIpc) is 2.99. The normalized spacial score (nSPS) is 20.1. The van der Waals surface area contributed by atoms with E-state index in [2.05, 4.69) is 33.7 Å². The molecule has 4 rings (SSSR count). The van der Waals surface area contributed by atoms with Crippen molar-refractivity contribution in [2.75, 3.05) is 18.0 Å². The SMILES string of the molecule is CC1(C)CC(=O)c2cnc3nc(N4CCCC4)[nH]c(=O)c3c2C1. The Kier molecular flexibility index (Phi) is 3.04. The monoisotopic (exact) mass is 312 g/mol. The van der Waals surface area contributed by atoms with Crippen LogP contribution >= 0.6 is 0 Å². The van der Waals surface area contributed by atoms with Gasteiger partial charge in [-0.05, 0) is 30.2 Å². The molecule has 23 heavy (non-hydrogen) atoms. The summed E-state index contributed by atoms with van der Waals surface area (Å²) in [5.74, 6) is 0.655. The molecule has 6 nitrogen and oxygen atoms in total. The summed E-state index contributed by atoms with van der Waals surface area (Å²) in [6, 6.07) is 0. The summed E-state index contributed by atoms with van der Waals surface area (Å²) in [5, 5.41) is 0.478. The highest BCUT2D eigenvalue weighted by Gasteiger charge is 2.33. The number of rotatable bonds is 1. The molecule has 0 radical (unpaired) electrons. The van der Waals surface area contributed by atoms with Gasteiger partial charge in [0.1, 0.15) is 0 Å². The van der Waals surface area contributed by atoms with E-state index in [1.54, 1.807) is 6.20 Å². The van der Waals surface area contributed by atoms with Crippen molar-refractivity contribution in [2.45, 2.75) is 39.5 Å². The van der Waals surface area contributed by atoms with E-state index in [1.807, 2.05) is 0 Å². The van der Waals surface area contributed by atoms with Crippen molar-refractivity contribution in [3.8, 4) is 0 Å². The van der Waals surface area contributed by atoms with E-state index in [0.717, 1.165) is 31.5 Å². The van der Waals surface area contributed by atoms with Crippen LogP contribution in [0.3, 0.4) is 0 Å². The number of anilines is 1. The first-order valence-corrected chi connectivity index (χ1v) is 8.15. The molecule has 0 bridgehead atoms. The topological polar surface area (TPSA) is 79.0 Å². The molecule has 3 heterocycles. The lowest BCUT2D eigenvalue weighted by Gasteiger charge is -2.30. The van der Waals surface area contributed by atoms with E-state index in [1.165, 1.54) is 0 Å². The Morgan fingerprint density at radius 2 is 1.91 bits per heavy atom. The molecule has 2 aliphatic rings. The van der Waals surface area contributed by atoms with Gasteiger partial charge < -0.3 is 4.90 Å². The zero-order chi connectivity index (χ0) is 16.2. The van der Waals surface area contributed by atoms with Crippen LogP contribution in [-0.4, -0.2) is 33.8 Å². The number of aromatic amines is 1. The summed E-state index contributed by atoms with van der Waals surface area (Å²) in [6.07, 6.45) is 5.00. The molecule has 1 N–H and O–H groups in total. The van der Waals surface area contributed by atoms with Crippen LogP contribution in [0, 0.1) is 5.41 Å². The Labute approximate surface area is 133 Å². The van der Waals surface area contributed by atoms with Crippen molar-refractivity contribution < 1.29 is 4.79 Å². The van der Waals surface area contributed by atoms with Crippen LogP contribution < -0.4 is 10.5 Å². The minimum Gasteiger partial charge on any atom is -0.342 e. The molecule has 1 aliphatic carbocycles. The van der Waals surface area contributed by atoms with Crippen molar-refractivity contribution in [1.82, 2.24) is 15.0 Å². The number of H-pyrrole nitrogens is 1. The molecule has 1 fully saturated rings.